The van der Waals surface area contributed by atoms with Crippen molar-refractivity contribution in [2.24, 2.45) is 0 Å². The Morgan fingerprint density at radius 3 is 1.75 bits per heavy atom. The van der Waals surface area contributed by atoms with Gasteiger partial charge in [-0.2, -0.15) is 26.3 Å². The van der Waals surface area contributed by atoms with Crippen molar-refractivity contribution >= 4 is 28.6 Å². The molecule has 0 heterocycles. The topological polar surface area (TPSA) is 37.3 Å². The minimum Gasteiger partial charge on any atom is -0.478 e. The number of carboxylic acid groups (broad SMARTS) is 1. The molecule has 0 bridgehead atoms. The number of allylic oxidation sites excluding steroid dienone is 1. The van der Waals surface area contributed by atoms with E-state index in [1.54, 1.807) is 0 Å². The molecule has 2 nitrogen and oxygen atoms in total. The number of alkyl halides is 7. The fraction of sp³-hybridized carbons (Fsp3) is 0.500. The van der Waals surface area contributed by atoms with Gasteiger partial charge >= 0.3 is 21.7 Å². The Labute approximate surface area is 97.3 Å². The van der Waals surface area contributed by atoms with Crippen molar-refractivity contribution in [3.8, 4) is 0 Å². The summed E-state index contributed by atoms with van der Waals surface area (Å²) in [7, 11) is 0. The number of carbonyl (C=O) groups is 1. The Kier molecular flexibility index (Phi) is 4.22. The molecule has 0 amide bonds. The van der Waals surface area contributed by atoms with Gasteiger partial charge in [0.2, 0.25) is 0 Å². The van der Waals surface area contributed by atoms with Crippen LogP contribution in [0.3, 0.4) is 0 Å². The summed E-state index contributed by atoms with van der Waals surface area (Å²) in [6.45, 7) is 0. The van der Waals surface area contributed by atoms with E-state index in [-0.39, 0.29) is 22.6 Å². The second kappa shape index (κ2) is 4.37. The number of hydrogen-bond acceptors (Lipinski definition) is 1. The molecule has 10 heteroatoms. The van der Waals surface area contributed by atoms with E-state index in [1.165, 1.54) is 0 Å². The van der Waals surface area contributed by atoms with E-state index in [2.05, 4.69) is 0 Å². The summed E-state index contributed by atoms with van der Waals surface area (Å²) in [4.78, 5) is 9.75. The molecule has 0 radical (unpaired) electrons. The first-order chi connectivity index (χ1) is 6.84. The second-order valence-corrected chi connectivity index (χ2v) is 3.83. The third-order valence-corrected chi connectivity index (χ3v) is 1.98. The van der Waals surface area contributed by atoms with Crippen molar-refractivity contribution in [3.63, 3.8) is 0 Å². The van der Waals surface area contributed by atoms with Crippen molar-refractivity contribution < 1.29 is 40.6 Å². The summed E-state index contributed by atoms with van der Waals surface area (Å²) < 4.78 is 81.2. The van der Waals surface area contributed by atoms with Gasteiger partial charge in [0.15, 0.2) is 5.83 Å². The number of aliphatic carboxylic acids is 1. The molecule has 1 N–H and O–H groups in total. The van der Waals surface area contributed by atoms with Crippen LogP contribution in [0.25, 0.3) is 0 Å². The minimum atomic E-state index is -6.05. The van der Waals surface area contributed by atoms with E-state index in [4.69, 9.17) is 5.11 Å². The Balaban J connectivity index is 5.44. The fourth-order valence-corrected chi connectivity index (χ4v) is 0.866. The largest absolute Gasteiger partial charge is 0.478 e. The Morgan fingerprint density at radius 2 is 1.50 bits per heavy atom. The van der Waals surface area contributed by atoms with Crippen LogP contribution in [0, 0.1) is 0 Å². The highest BCUT2D eigenvalue weighted by molar-refractivity contribution is 14.1. The molecule has 0 rings (SSSR count). The van der Waals surface area contributed by atoms with Crippen LogP contribution in [0.5, 0.6) is 0 Å². The summed E-state index contributed by atoms with van der Waals surface area (Å²) >= 11 is -0.293. The average Bonchev–Trinajstić information content (AvgIpc) is 2.00. The first-order valence-corrected chi connectivity index (χ1v) is 4.35. The Bertz CT molecular complexity index is 319. The predicted octanol–water partition coefficient (Wildman–Crippen LogP) is 3.22. The lowest BCUT2D eigenvalue weighted by atomic mass is 10.1. The molecular weight excluding hydrogens is 364 g/mol. The standard InChI is InChI=1S/C6H2F7IO2/c7-2(1-3(15)16)4(8,9)5(10,11)6(12,13)14/h1H,(H,15,16). The predicted molar refractivity (Wildman–Crippen MR) is 45.7 cm³/mol. The second-order valence-electron chi connectivity index (χ2n) is 2.48. The van der Waals surface area contributed by atoms with Crippen molar-refractivity contribution in [2.45, 2.75) is 15.8 Å². The lowest BCUT2D eigenvalue weighted by Crippen LogP contribution is -2.51. The summed E-state index contributed by atoms with van der Waals surface area (Å²) in [5.41, 5.74) is 0. The van der Waals surface area contributed by atoms with E-state index in [1.807, 2.05) is 0 Å². The van der Waals surface area contributed by atoms with Crippen molar-refractivity contribution in [3.05, 3.63) is 11.9 Å². The van der Waals surface area contributed by atoms with E-state index in [0.29, 0.717) is 0 Å². The van der Waals surface area contributed by atoms with Gasteiger partial charge in [0.25, 0.3) is 0 Å². The van der Waals surface area contributed by atoms with Crippen LogP contribution >= 0.6 is 22.6 Å². The van der Waals surface area contributed by atoms with Crippen LogP contribution in [0.4, 0.5) is 30.7 Å². The molecule has 0 fully saturated rings. The lowest BCUT2D eigenvalue weighted by molar-refractivity contribution is -0.259. The molecule has 0 spiro atoms. The van der Waals surface area contributed by atoms with Crippen LogP contribution in [0.15, 0.2) is 11.9 Å². The molecule has 0 saturated heterocycles. The van der Waals surface area contributed by atoms with Gasteiger partial charge in [-0.25, -0.2) is 9.18 Å². The van der Waals surface area contributed by atoms with E-state index in [0.717, 1.165) is 0 Å². The van der Waals surface area contributed by atoms with Gasteiger partial charge in [-0.05, 0) is 0 Å². The van der Waals surface area contributed by atoms with Crippen molar-refractivity contribution in [1.82, 2.24) is 0 Å². The molecule has 0 aliphatic carbocycles. The zero-order valence-corrected chi connectivity index (χ0v) is 9.11. The highest BCUT2D eigenvalue weighted by atomic mass is 127. The third-order valence-electron chi connectivity index (χ3n) is 1.30. The Hall–Kier alpha value is -0.550. The van der Waals surface area contributed by atoms with Crippen LogP contribution < -0.4 is 0 Å². The summed E-state index contributed by atoms with van der Waals surface area (Å²) in [5, 5.41) is 7.83. The van der Waals surface area contributed by atoms with Crippen LogP contribution in [-0.2, 0) is 4.79 Å². The molecule has 0 aliphatic rings. The maximum absolute atomic E-state index is 12.5. The molecule has 0 aliphatic heterocycles. The molecule has 0 saturated carbocycles. The maximum Gasteiger partial charge on any atom is 0.387 e. The zero-order valence-electron chi connectivity index (χ0n) is 6.96. The molecule has 0 aromatic rings. The minimum absolute atomic E-state index is 0.293. The van der Waals surface area contributed by atoms with Gasteiger partial charge in [0, 0.05) is 22.6 Å². The van der Waals surface area contributed by atoms with Crippen LogP contribution in [0.1, 0.15) is 0 Å². The van der Waals surface area contributed by atoms with Gasteiger partial charge < -0.3 is 5.11 Å². The highest BCUT2D eigenvalue weighted by Crippen LogP contribution is 2.52. The smallest absolute Gasteiger partial charge is 0.387 e. The molecule has 0 unspecified atom stereocenters. The first-order valence-electron chi connectivity index (χ1n) is 3.27. The average molecular weight is 366 g/mol. The number of halogens is 8. The first kappa shape index (κ1) is 15.4. The SMILES string of the molecule is O=C(O)C=C(F)C(F)(F)C(F)(F)C(F)(F)I. The molecular formula is C6H2F7IO2. The zero-order chi connectivity index (χ0) is 13.4. The normalized spacial score (nSPS) is 15.1. The molecule has 94 valence electrons. The van der Waals surface area contributed by atoms with E-state index < -0.39 is 33.6 Å². The number of hydrogen-bond donors (Lipinski definition) is 1. The molecule has 16 heavy (non-hydrogen) atoms. The van der Waals surface area contributed by atoms with Gasteiger partial charge in [-0.15, -0.1) is 0 Å². The highest BCUT2D eigenvalue weighted by Gasteiger charge is 2.72. The van der Waals surface area contributed by atoms with Crippen molar-refractivity contribution in [1.29, 1.82) is 0 Å². The number of rotatable bonds is 4. The van der Waals surface area contributed by atoms with Gasteiger partial charge in [0.1, 0.15) is 0 Å². The van der Waals surface area contributed by atoms with Gasteiger partial charge in [0.05, 0.1) is 6.08 Å². The van der Waals surface area contributed by atoms with E-state index >= 15 is 0 Å². The van der Waals surface area contributed by atoms with Gasteiger partial charge in [-0.1, -0.05) is 0 Å². The monoisotopic (exact) mass is 366 g/mol. The maximum atomic E-state index is 12.5. The lowest BCUT2D eigenvalue weighted by Gasteiger charge is -2.28. The molecule has 0 atom stereocenters. The number of carboxylic acids is 1. The molecule has 0 aromatic heterocycles. The summed E-state index contributed by atoms with van der Waals surface area (Å²) in [6.07, 6.45) is -0.906. The van der Waals surface area contributed by atoms with Crippen LogP contribution in [-0.4, -0.2) is 26.9 Å². The molecule has 0 aromatic carbocycles. The van der Waals surface area contributed by atoms with E-state index in [9.17, 15) is 35.5 Å². The quantitative estimate of drug-likeness (QED) is 0.359. The summed E-state index contributed by atoms with van der Waals surface area (Å²) in [6, 6.07) is 0. The van der Waals surface area contributed by atoms with Crippen LogP contribution in [0.2, 0.25) is 0 Å². The Morgan fingerprint density at radius 1 is 1.12 bits per heavy atom. The fourth-order valence-electron chi connectivity index (χ4n) is 0.527. The summed E-state index contributed by atoms with van der Waals surface area (Å²) in [5.74, 6) is -17.4. The van der Waals surface area contributed by atoms with Crippen molar-refractivity contribution in [2.75, 3.05) is 0 Å². The van der Waals surface area contributed by atoms with Gasteiger partial charge in [-0.3, -0.25) is 0 Å². The third kappa shape index (κ3) is 2.77.